The molecule has 4 aromatic carbocycles. The van der Waals surface area contributed by atoms with E-state index in [0.29, 0.717) is 19.3 Å². The molecule has 518 valence electrons. The summed E-state index contributed by atoms with van der Waals surface area (Å²) in [5, 5.41) is 3.53. The van der Waals surface area contributed by atoms with E-state index < -0.39 is 115 Å². The molecule has 6 atom stereocenters. The Morgan fingerprint density at radius 1 is 0.570 bits per heavy atom. The van der Waals surface area contributed by atoms with E-state index in [1.54, 1.807) is 36.4 Å². The van der Waals surface area contributed by atoms with E-state index in [1.807, 2.05) is 81.4 Å². The van der Waals surface area contributed by atoms with Gasteiger partial charge in [-0.25, -0.2) is 9.36 Å². The Labute approximate surface area is 583 Å². The standard InChI is InChI=1S/C70H98Cl6NO14PSi/c1-8-10-12-14-16-18-19-21-23-25-39-49-59(78)85-55(44-30-24-22-20-17-15-13-11-9-2)50-60(79)87-63-61(77-66(81)84-52-69(71,72)73)64(91-93(67(3,4)5,56-45-35-28-36-46-56)57-47-37-29-38-48-57)86-58(51-83-65(80)68(6,7)70(74,75)76)62(63)90-92(82,88-53-40-31-26-32-41-53)89-54-42-33-27-34-43-54/h26-29,31-38,40-43,45-48,55,58,61-64H,8-25,30,39,44,49-52H2,1-7H3,(H,77,81). The number of hydrogen-bond acceptors (Lipinski definition) is 14. The van der Waals surface area contributed by atoms with E-state index in [0.717, 1.165) is 74.6 Å². The van der Waals surface area contributed by atoms with Crippen LogP contribution >= 0.6 is 77.4 Å². The van der Waals surface area contributed by atoms with Crippen LogP contribution in [-0.4, -0.2) is 89.9 Å². The molecule has 23 heteroatoms. The molecular formula is C70H98Cl6NO14PSi. The number of phosphoric ester groups is 1. The third-order valence-corrected chi connectivity index (χ3v) is 24.5. The monoisotopic (exact) mass is 1450 g/mol. The Hall–Kier alpha value is -3.77. The SMILES string of the molecule is CCCCCCCCCCCCCC(=O)OC(CCCCCCCCCCC)CC(=O)OC1C(NC(=O)OCC(Cl)(Cl)Cl)C(O[Si](c2ccccc2)(c2ccccc2)C(C)(C)C)OC(COC(=O)C(C)(C)C(Cl)(Cl)Cl)C1OP(=O)(Oc1ccccc1)Oc1ccccc1. The maximum absolute atomic E-state index is 15.9. The Balaban J connectivity index is 1.68. The van der Waals surface area contributed by atoms with Gasteiger partial charge in [0.25, 0.3) is 8.32 Å². The lowest BCUT2D eigenvalue weighted by molar-refractivity contribution is -0.251. The first-order valence-corrected chi connectivity index (χ1v) is 38.7. The summed E-state index contributed by atoms with van der Waals surface area (Å²) in [6.45, 7) is 11.6. The van der Waals surface area contributed by atoms with Crippen LogP contribution in [0.4, 0.5) is 4.79 Å². The second-order valence-corrected chi connectivity index (χ2v) is 35.9. The second-order valence-electron chi connectivity index (χ2n) is 25.4. The van der Waals surface area contributed by atoms with E-state index in [1.165, 1.54) is 89.5 Å². The highest BCUT2D eigenvalue weighted by Gasteiger charge is 2.60. The number of carbonyl (C=O) groups excluding carboxylic acids is 4. The molecule has 1 heterocycles. The van der Waals surface area contributed by atoms with Gasteiger partial charge in [0.1, 0.15) is 54.5 Å². The van der Waals surface area contributed by atoms with Crippen LogP contribution in [0.15, 0.2) is 121 Å². The normalized spacial score (nSPS) is 17.6. The highest BCUT2D eigenvalue weighted by atomic mass is 35.6. The molecule has 15 nitrogen and oxygen atoms in total. The van der Waals surface area contributed by atoms with Crippen LogP contribution in [0.25, 0.3) is 0 Å². The minimum absolute atomic E-state index is 0.0293. The number of esters is 3. The predicted molar refractivity (Wildman–Crippen MR) is 375 cm³/mol. The lowest BCUT2D eigenvalue weighted by Gasteiger charge is -2.51. The number of unbranched alkanes of at least 4 members (excludes halogenated alkanes) is 18. The van der Waals surface area contributed by atoms with Crippen molar-refractivity contribution < 1.29 is 65.4 Å². The van der Waals surface area contributed by atoms with Gasteiger partial charge in [0.05, 0.1) is 6.42 Å². The summed E-state index contributed by atoms with van der Waals surface area (Å²) >= 11 is 37.7. The molecule has 0 radical (unpaired) electrons. The van der Waals surface area contributed by atoms with Crippen molar-refractivity contribution in [2.24, 2.45) is 5.41 Å². The van der Waals surface area contributed by atoms with Gasteiger partial charge < -0.3 is 42.5 Å². The van der Waals surface area contributed by atoms with Gasteiger partial charge in [0.15, 0.2) is 12.4 Å². The van der Waals surface area contributed by atoms with Crippen LogP contribution in [-0.2, 0) is 51.6 Å². The minimum atomic E-state index is -5.11. The van der Waals surface area contributed by atoms with Gasteiger partial charge in [-0.15, -0.1) is 0 Å². The Morgan fingerprint density at radius 3 is 1.45 bits per heavy atom. The van der Waals surface area contributed by atoms with Crippen molar-refractivity contribution in [2.75, 3.05) is 13.2 Å². The maximum atomic E-state index is 15.9. The van der Waals surface area contributed by atoms with Gasteiger partial charge in [-0.1, -0.05) is 317 Å². The summed E-state index contributed by atoms with van der Waals surface area (Å²) in [4.78, 5) is 58.2. The molecule has 1 amide bonds. The van der Waals surface area contributed by atoms with Crippen LogP contribution in [0, 0.1) is 5.41 Å². The number of ether oxygens (including phenoxy) is 5. The smallest absolute Gasteiger partial charge is 0.462 e. The molecule has 0 aromatic heterocycles. The zero-order chi connectivity index (χ0) is 68.0. The fraction of sp³-hybridized carbons (Fsp3) is 0.600. The lowest BCUT2D eigenvalue weighted by atomic mass is 9.95. The summed E-state index contributed by atoms with van der Waals surface area (Å²) in [5.41, 5.74) is -1.80. The second kappa shape index (κ2) is 40.2. The molecule has 1 aliphatic heterocycles. The minimum Gasteiger partial charge on any atom is -0.462 e. The molecule has 6 unspecified atom stereocenters. The molecule has 1 fully saturated rings. The van der Waals surface area contributed by atoms with Gasteiger partial charge >= 0.3 is 31.8 Å². The topological polar surface area (TPSA) is 180 Å². The molecule has 0 saturated carbocycles. The van der Waals surface area contributed by atoms with Gasteiger partial charge in [-0.2, -0.15) is 0 Å². The quantitative estimate of drug-likeness (QED) is 0.0111. The van der Waals surface area contributed by atoms with Gasteiger partial charge in [0.2, 0.25) is 7.59 Å². The van der Waals surface area contributed by atoms with Gasteiger partial charge in [0, 0.05) is 6.42 Å². The first-order valence-electron chi connectivity index (χ1n) is 33.1. The van der Waals surface area contributed by atoms with Crippen LogP contribution in [0.1, 0.15) is 196 Å². The number of alkyl carbamates (subject to hydrolysis) is 1. The Morgan fingerprint density at radius 2 is 1.01 bits per heavy atom. The molecule has 5 rings (SSSR count). The molecule has 0 bridgehead atoms. The van der Waals surface area contributed by atoms with Crippen molar-refractivity contribution in [1.29, 1.82) is 0 Å². The van der Waals surface area contributed by atoms with Crippen molar-refractivity contribution in [3.8, 4) is 11.5 Å². The zero-order valence-corrected chi connectivity index (χ0v) is 61.5. The van der Waals surface area contributed by atoms with E-state index in [4.69, 9.17) is 111 Å². The van der Waals surface area contributed by atoms with E-state index in [9.17, 15) is 14.4 Å². The summed E-state index contributed by atoms with van der Waals surface area (Å²) in [5.74, 6) is -2.36. The Kier molecular flexibility index (Phi) is 34.5. The number of rotatable bonds is 41. The highest BCUT2D eigenvalue weighted by Crippen LogP contribution is 2.53. The predicted octanol–water partition coefficient (Wildman–Crippen LogP) is 19.2. The highest BCUT2D eigenvalue weighted by molar-refractivity contribution is 7.49. The zero-order valence-electron chi connectivity index (χ0n) is 55.1. The van der Waals surface area contributed by atoms with Gasteiger partial charge in [-0.05, 0) is 72.8 Å². The number of alkyl halides is 6. The number of nitrogens with one attached hydrogen (secondary N) is 1. The van der Waals surface area contributed by atoms with Crippen molar-refractivity contribution in [1.82, 2.24) is 5.32 Å². The van der Waals surface area contributed by atoms with Crippen molar-refractivity contribution in [3.63, 3.8) is 0 Å². The summed E-state index contributed by atoms with van der Waals surface area (Å²) in [7, 11) is -8.95. The fourth-order valence-corrected chi connectivity index (χ4v) is 17.5. The number of carbonyl (C=O) groups is 4. The van der Waals surface area contributed by atoms with Crippen LogP contribution < -0.4 is 24.7 Å². The van der Waals surface area contributed by atoms with Crippen LogP contribution in [0.5, 0.6) is 11.5 Å². The number of amides is 1. The van der Waals surface area contributed by atoms with E-state index in [2.05, 4.69) is 19.2 Å². The van der Waals surface area contributed by atoms with Crippen molar-refractivity contribution >= 4 is 120 Å². The first-order chi connectivity index (χ1) is 44.2. The number of benzene rings is 4. The molecule has 93 heavy (non-hydrogen) atoms. The van der Waals surface area contributed by atoms with Crippen molar-refractivity contribution in [2.45, 2.75) is 246 Å². The molecular weight excluding hydrogens is 1350 g/mol. The Bertz CT molecular complexity index is 2770. The average Bonchev–Trinajstić information content (AvgIpc) is 0.736. The summed E-state index contributed by atoms with van der Waals surface area (Å²) < 4.78 is 69.9. The van der Waals surface area contributed by atoms with Crippen LogP contribution in [0.3, 0.4) is 0 Å². The maximum Gasteiger partial charge on any atom is 0.588 e. The molecule has 0 aliphatic carbocycles. The van der Waals surface area contributed by atoms with Crippen LogP contribution in [0.2, 0.25) is 5.04 Å². The molecule has 4 aromatic rings. The molecule has 1 saturated heterocycles. The number of phosphoric acid groups is 1. The number of para-hydroxylation sites is 2. The summed E-state index contributed by atoms with van der Waals surface area (Å²) in [6, 6.07) is 33.2. The van der Waals surface area contributed by atoms with Crippen molar-refractivity contribution in [3.05, 3.63) is 121 Å². The first kappa shape index (κ1) is 79.9. The average molecular weight is 1450 g/mol. The summed E-state index contributed by atoms with van der Waals surface area (Å²) in [6.07, 6.45) is 11.9. The number of hydrogen-bond donors (Lipinski definition) is 1. The fourth-order valence-electron chi connectivity index (χ4n) is 11.1. The molecule has 0 spiro atoms. The van der Waals surface area contributed by atoms with E-state index >= 15 is 9.36 Å². The third kappa shape index (κ3) is 27.2. The van der Waals surface area contributed by atoms with E-state index in [-0.39, 0.29) is 17.9 Å². The third-order valence-electron chi connectivity index (χ3n) is 16.4. The molecule has 1 aliphatic rings. The number of halogens is 6. The lowest BCUT2D eigenvalue weighted by Crippen LogP contribution is -2.73. The molecule has 1 N–H and O–H groups in total. The van der Waals surface area contributed by atoms with Gasteiger partial charge in [-0.3, -0.25) is 18.9 Å². The largest absolute Gasteiger partial charge is 0.588 e.